The van der Waals surface area contributed by atoms with Gasteiger partial charge in [-0.25, -0.2) is 4.57 Å². The number of unbranched alkanes of at least 4 members (excludes halogenated alkanes) is 34. The third-order valence-corrected chi connectivity index (χ3v) is 13.6. The van der Waals surface area contributed by atoms with Gasteiger partial charge in [0, 0.05) is 6.42 Å². The Bertz CT molecular complexity index is 1150. The second kappa shape index (κ2) is 47.8. The van der Waals surface area contributed by atoms with E-state index >= 15 is 0 Å². The number of hydrogen-bond acceptors (Lipinski definition) is 5. The first kappa shape index (κ1) is 63.7. The Morgan fingerprint density at radius 3 is 1.26 bits per heavy atom. The highest BCUT2D eigenvalue weighted by Gasteiger charge is 2.27. The van der Waals surface area contributed by atoms with Gasteiger partial charge in [-0.15, -0.1) is 0 Å². The maximum absolute atomic E-state index is 13.0. The van der Waals surface area contributed by atoms with Crippen molar-refractivity contribution in [1.82, 2.24) is 5.32 Å². The number of rotatable bonds is 51. The van der Waals surface area contributed by atoms with Crippen molar-refractivity contribution < 1.29 is 32.9 Å². The van der Waals surface area contributed by atoms with Gasteiger partial charge in [0.15, 0.2) is 0 Å². The fourth-order valence-corrected chi connectivity index (χ4v) is 8.93. The first-order valence-corrected chi connectivity index (χ1v) is 29.4. The van der Waals surface area contributed by atoms with E-state index in [-0.39, 0.29) is 19.1 Å². The quantitative estimate of drug-likeness (QED) is 0.0243. The number of phosphoric ester groups is 1. The first-order chi connectivity index (χ1) is 31.5. The summed E-state index contributed by atoms with van der Waals surface area (Å²) in [5.74, 6) is -0.177. The molecule has 0 rings (SSSR count). The van der Waals surface area contributed by atoms with Crippen LogP contribution in [0.5, 0.6) is 0 Å². The highest BCUT2D eigenvalue weighted by molar-refractivity contribution is 7.47. The van der Waals surface area contributed by atoms with Crippen LogP contribution in [0.2, 0.25) is 0 Å². The molecule has 0 aromatic rings. The van der Waals surface area contributed by atoms with Crippen molar-refractivity contribution in [2.45, 2.75) is 276 Å². The maximum atomic E-state index is 13.0. The largest absolute Gasteiger partial charge is 0.472 e. The van der Waals surface area contributed by atoms with E-state index in [9.17, 15) is 19.4 Å². The molecule has 3 unspecified atom stereocenters. The minimum Gasteiger partial charge on any atom is -0.387 e. The van der Waals surface area contributed by atoms with Gasteiger partial charge in [-0.1, -0.05) is 243 Å². The molecule has 8 nitrogen and oxygen atoms in total. The number of aliphatic hydroxyl groups excluding tert-OH is 1. The number of carbonyl (C=O) groups is 1. The molecule has 0 spiro atoms. The second-order valence-corrected chi connectivity index (χ2v) is 21.8. The van der Waals surface area contributed by atoms with Crippen LogP contribution < -0.4 is 5.32 Å². The average molecular weight is 938 g/mol. The molecular weight excluding hydrogens is 828 g/mol. The Balaban J connectivity index is 4.19. The Kier molecular flexibility index (Phi) is 46.8. The average Bonchev–Trinajstić information content (AvgIpc) is 3.26. The Labute approximate surface area is 404 Å². The number of likely N-dealkylation sites (N-methyl/N-ethyl adjacent to an activating group) is 1. The molecular formula is C56H110N2O6P+. The van der Waals surface area contributed by atoms with E-state index in [0.717, 1.165) is 44.9 Å². The van der Waals surface area contributed by atoms with Gasteiger partial charge in [-0.2, -0.15) is 0 Å². The van der Waals surface area contributed by atoms with Crippen molar-refractivity contribution in [1.29, 1.82) is 0 Å². The zero-order valence-electron chi connectivity index (χ0n) is 43.7. The Morgan fingerprint density at radius 2 is 0.877 bits per heavy atom. The maximum Gasteiger partial charge on any atom is 0.472 e. The molecule has 0 heterocycles. The van der Waals surface area contributed by atoms with Crippen molar-refractivity contribution in [2.24, 2.45) is 0 Å². The molecule has 0 aliphatic rings. The summed E-state index contributed by atoms with van der Waals surface area (Å²) in [6, 6.07) is -0.847. The van der Waals surface area contributed by atoms with Gasteiger partial charge in [0.2, 0.25) is 5.91 Å². The molecule has 0 aromatic carbocycles. The lowest BCUT2D eigenvalue weighted by Gasteiger charge is -2.25. The summed E-state index contributed by atoms with van der Waals surface area (Å²) in [7, 11) is 1.58. The lowest BCUT2D eigenvalue weighted by Crippen LogP contribution is -2.45. The summed E-state index contributed by atoms with van der Waals surface area (Å²) in [6.07, 6.45) is 60.9. The molecule has 0 aromatic heterocycles. The molecule has 0 bridgehead atoms. The molecule has 65 heavy (non-hydrogen) atoms. The number of allylic oxidation sites excluding steroid dienone is 5. The van der Waals surface area contributed by atoms with Crippen molar-refractivity contribution in [2.75, 3.05) is 40.9 Å². The summed E-state index contributed by atoms with van der Waals surface area (Å²) in [5, 5.41) is 13.9. The normalized spacial score (nSPS) is 14.3. The van der Waals surface area contributed by atoms with Crippen LogP contribution in [0.3, 0.4) is 0 Å². The van der Waals surface area contributed by atoms with E-state index in [1.54, 1.807) is 6.08 Å². The molecule has 0 radical (unpaired) electrons. The molecule has 3 N–H and O–H groups in total. The molecule has 3 atom stereocenters. The third-order valence-electron chi connectivity index (χ3n) is 12.6. The predicted molar refractivity (Wildman–Crippen MR) is 281 cm³/mol. The van der Waals surface area contributed by atoms with Crippen LogP contribution in [0.1, 0.15) is 264 Å². The summed E-state index contributed by atoms with van der Waals surface area (Å²) in [6.45, 7) is 4.84. The fourth-order valence-electron chi connectivity index (χ4n) is 8.19. The van der Waals surface area contributed by atoms with E-state index in [0.29, 0.717) is 17.4 Å². The number of hydrogen-bond donors (Lipinski definition) is 3. The van der Waals surface area contributed by atoms with Gasteiger partial charge in [0.05, 0.1) is 39.9 Å². The topological polar surface area (TPSA) is 105 Å². The van der Waals surface area contributed by atoms with Crippen LogP contribution in [0.15, 0.2) is 36.5 Å². The molecule has 0 aliphatic carbocycles. The molecule has 384 valence electrons. The summed E-state index contributed by atoms with van der Waals surface area (Å²) >= 11 is 0. The second-order valence-electron chi connectivity index (χ2n) is 20.3. The highest BCUT2D eigenvalue weighted by atomic mass is 31.2. The lowest BCUT2D eigenvalue weighted by molar-refractivity contribution is -0.870. The van der Waals surface area contributed by atoms with Crippen LogP contribution in [0, 0.1) is 0 Å². The summed E-state index contributed by atoms with van der Waals surface area (Å²) in [5.41, 5.74) is 0. The van der Waals surface area contributed by atoms with Gasteiger partial charge in [0.1, 0.15) is 13.2 Å². The minimum atomic E-state index is -4.34. The van der Waals surface area contributed by atoms with Crippen LogP contribution in [-0.2, 0) is 18.4 Å². The fraction of sp³-hybridized carbons (Fsp3) is 0.875. The van der Waals surface area contributed by atoms with Crippen LogP contribution >= 0.6 is 7.82 Å². The molecule has 0 fully saturated rings. The lowest BCUT2D eigenvalue weighted by atomic mass is 10.0. The number of aliphatic hydroxyl groups is 1. The van der Waals surface area contributed by atoms with Crippen LogP contribution in [-0.4, -0.2) is 73.4 Å². The Morgan fingerprint density at radius 1 is 0.523 bits per heavy atom. The number of carbonyl (C=O) groups excluding carboxylic acids is 1. The van der Waals surface area contributed by atoms with E-state index in [1.165, 1.54) is 199 Å². The van der Waals surface area contributed by atoms with Gasteiger partial charge < -0.3 is 19.8 Å². The number of nitrogens with zero attached hydrogens (tertiary/aromatic N) is 1. The van der Waals surface area contributed by atoms with E-state index in [2.05, 4.69) is 43.5 Å². The Hall–Kier alpha value is -1.28. The van der Waals surface area contributed by atoms with Gasteiger partial charge in [0.25, 0.3) is 0 Å². The first-order valence-electron chi connectivity index (χ1n) is 27.9. The summed E-state index contributed by atoms with van der Waals surface area (Å²) < 4.78 is 23.7. The van der Waals surface area contributed by atoms with Crippen molar-refractivity contribution in [3.05, 3.63) is 36.5 Å². The minimum absolute atomic E-state index is 0.0615. The molecule has 0 aliphatic heterocycles. The number of phosphoric acid groups is 1. The van der Waals surface area contributed by atoms with E-state index in [4.69, 9.17) is 9.05 Å². The van der Waals surface area contributed by atoms with E-state index in [1.807, 2.05) is 27.2 Å². The zero-order valence-corrected chi connectivity index (χ0v) is 44.6. The van der Waals surface area contributed by atoms with Crippen LogP contribution in [0.4, 0.5) is 0 Å². The third kappa shape index (κ3) is 50.4. The van der Waals surface area contributed by atoms with E-state index < -0.39 is 20.0 Å². The summed E-state index contributed by atoms with van der Waals surface area (Å²) in [4.78, 5) is 23.3. The highest BCUT2D eigenvalue weighted by Crippen LogP contribution is 2.43. The van der Waals surface area contributed by atoms with Crippen molar-refractivity contribution >= 4 is 13.7 Å². The zero-order chi connectivity index (χ0) is 47.8. The predicted octanol–water partition coefficient (Wildman–Crippen LogP) is 16.6. The number of amides is 1. The van der Waals surface area contributed by atoms with Gasteiger partial charge in [-0.3, -0.25) is 13.8 Å². The molecule has 0 saturated carbocycles. The SMILES string of the molecule is CCCCCCCCCCC/C=C\C/C=C\CCCCCCCCCCCCCC(=O)NC(COP(=O)(O)OCC[N+](C)(C)C)C(O)/C=C/CCCCCCCCCCCCCCCC. The van der Waals surface area contributed by atoms with Crippen LogP contribution in [0.25, 0.3) is 0 Å². The molecule has 0 saturated heterocycles. The van der Waals surface area contributed by atoms with Gasteiger partial charge in [-0.05, 0) is 51.4 Å². The van der Waals surface area contributed by atoms with Crippen molar-refractivity contribution in [3.8, 4) is 0 Å². The number of quaternary nitrogens is 1. The smallest absolute Gasteiger partial charge is 0.387 e. The monoisotopic (exact) mass is 938 g/mol. The van der Waals surface area contributed by atoms with Gasteiger partial charge >= 0.3 is 7.82 Å². The standard InChI is InChI=1S/C56H109N2O6P/c1-6-8-10-12-14-16-18-20-22-24-25-26-27-28-29-30-31-32-33-34-36-38-40-42-44-46-48-50-56(60)57-54(53-64-65(61,62)63-52-51-58(3,4)5)55(59)49-47-45-43-41-39-37-35-23-21-19-17-15-13-11-9-7-2/h25-26,28-29,47,49,54-55,59H,6-24,27,30-46,48,50-53H2,1-5H3,(H-,57,60,61,62)/p+1/b26-25-,29-28-,49-47+. The molecule has 9 heteroatoms. The molecule has 1 amide bonds. The number of nitrogens with one attached hydrogen (secondary N) is 1. The van der Waals surface area contributed by atoms with Crippen molar-refractivity contribution in [3.63, 3.8) is 0 Å².